The number of carbonyl (C=O) groups is 1. The molecule has 1 N–H and O–H groups in total. The van der Waals surface area contributed by atoms with Crippen LogP contribution in [0.25, 0.3) is 10.9 Å². The fraction of sp³-hybridized carbons (Fsp3) is 0.294. The summed E-state index contributed by atoms with van der Waals surface area (Å²) < 4.78 is 14.4. The summed E-state index contributed by atoms with van der Waals surface area (Å²) in [6.45, 7) is 8.58. The lowest BCUT2D eigenvalue weighted by Crippen LogP contribution is -2.56. The van der Waals surface area contributed by atoms with Gasteiger partial charge in [-0.15, -0.1) is 0 Å². The second kappa shape index (κ2) is 13.1. The number of carbonyl (C=O) groups excluding carboxylic acids is 1. The van der Waals surface area contributed by atoms with Gasteiger partial charge in [0.05, 0.1) is 17.2 Å². The highest BCUT2D eigenvalue weighted by Crippen LogP contribution is 2.37. The van der Waals surface area contributed by atoms with Crippen LogP contribution in [-0.4, -0.2) is 91.0 Å². The van der Waals surface area contributed by atoms with E-state index in [1.54, 1.807) is 6.08 Å². The summed E-state index contributed by atoms with van der Waals surface area (Å²) in [6.07, 6.45) is 8.45. The highest BCUT2D eigenvalue weighted by molar-refractivity contribution is 6.44. The van der Waals surface area contributed by atoms with Gasteiger partial charge in [-0.1, -0.05) is 18.1 Å². The molecule has 2 aliphatic rings. The highest BCUT2D eigenvalue weighted by atomic mass is 16.5. The van der Waals surface area contributed by atoms with E-state index in [2.05, 4.69) is 31.8 Å². The van der Waals surface area contributed by atoms with Crippen molar-refractivity contribution in [3.63, 3.8) is 0 Å². The van der Waals surface area contributed by atoms with E-state index in [9.17, 15) is 4.79 Å². The Bertz CT molecular complexity index is 1900. The van der Waals surface area contributed by atoms with Crippen LogP contribution in [0.2, 0.25) is 0 Å². The topological polar surface area (TPSA) is 100 Å². The average molecular weight is 617 g/mol. The highest BCUT2D eigenvalue weighted by Gasteiger charge is 2.35. The second-order valence-electron chi connectivity index (χ2n) is 11.7. The van der Waals surface area contributed by atoms with E-state index in [4.69, 9.17) is 17.3 Å². The zero-order valence-electron chi connectivity index (χ0n) is 26.6. The first-order valence-corrected chi connectivity index (χ1v) is 15.2. The number of fused-ring (bicyclic) bond motifs is 5. The van der Waals surface area contributed by atoms with Crippen LogP contribution in [0.5, 0.6) is 17.2 Å². The normalized spacial score (nSPS) is 16.4. The molecule has 0 spiro atoms. The van der Waals surface area contributed by atoms with Gasteiger partial charge in [-0.05, 0) is 50.8 Å². The van der Waals surface area contributed by atoms with Gasteiger partial charge in [-0.25, -0.2) is 15.0 Å². The Hall–Kier alpha value is -5.10. The van der Waals surface area contributed by atoms with Crippen molar-refractivity contribution in [2.24, 2.45) is 12.0 Å². The first-order chi connectivity index (χ1) is 22.2. The zero-order chi connectivity index (χ0) is 32.4. The smallest absolute Gasteiger partial charge is 0.246 e. The number of benzene rings is 2. The molecule has 1 atom stereocenters. The van der Waals surface area contributed by atoms with E-state index < -0.39 is 0 Å². The van der Waals surface area contributed by atoms with Crippen LogP contribution in [-0.2, 0) is 11.8 Å². The number of aryl methyl sites for hydroxylation is 2. The number of amides is 1. The molecule has 11 nitrogen and oxygen atoms in total. The van der Waals surface area contributed by atoms with Crippen LogP contribution in [0, 0.1) is 6.92 Å². The minimum atomic E-state index is -0.103. The van der Waals surface area contributed by atoms with E-state index in [1.807, 2.05) is 91.1 Å². The zero-order valence-corrected chi connectivity index (χ0v) is 26.6. The predicted molar refractivity (Wildman–Crippen MR) is 182 cm³/mol. The Balaban J connectivity index is 1.24. The van der Waals surface area contributed by atoms with Gasteiger partial charge in [-0.3, -0.25) is 4.79 Å². The van der Waals surface area contributed by atoms with Crippen LogP contribution in [0.1, 0.15) is 5.56 Å². The van der Waals surface area contributed by atoms with Crippen molar-refractivity contribution in [2.45, 2.75) is 13.0 Å². The van der Waals surface area contributed by atoms with Gasteiger partial charge in [0.15, 0.2) is 0 Å². The second-order valence-corrected chi connectivity index (χ2v) is 11.7. The average Bonchev–Trinajstić information content (AvgIpc) is 3.16. The number of nitrogens with zero attached hydrogens (tertiary/aromatic N) is 7. The molecular formula is C34H37BN8O3. The Morgan fingerprint density at radius 3 is 2.87 bits per heavy atom. The van der Waals surface area contributed by atoms with Crippen molar-refractivity contribution >= 4 is 47.3 Å². The van der Waals surface area contributed by atoms with E-state index >= 15 is 0 Å². The first kappa shape index (κ1) is 30.9. The summed E-state index contributed by atoms with van der Waals surface area (Å²) in [5.74, 6) is 2.64. The van der Waals surface area contributed by atoms with E-state index in [-0.39, 0.29) is 11.9 Å². The monoisotopic (exact) mass is 616 g/mol. The van der Waals surface area contributed by atoms with Gasteiger partial charge in [-0.2, -0.15) is 0 Å². The quantitative estimate of drug-likeness (QED) is 0.238. The molecule has 234 valence electrons. The molecule has 2 bridgehead atoms. The van der Waals surface area contributed by atoms with Crippen LogP contribution in [0.3, 0.4) is 0 Å². The van der Waals surface area contributed by atoms with Crippen molar-refractivity contribution in [3.8, 4) is 17.2 Å². The maximum Gasteiger partial charge on any atom is 0.246 e. The van der Waals surface area contributed by atoms with Gasteiger partial charge in [0.1, 0.15) is 49.3 Å². The molecule has 4 aromatic rings. The van der Waals surface area contributed by atoms with Crippen molar-refractivity contribution in [1.29, 1.82) is 0 Å². The van der Waals surface area contributed by atoms with E-state index in [1.165, 1.54) is 12.5 Å². The molecule has 12 heteroatoms. The fourth-order valence-corrected chi connectivity index (χ4v) is 5.82. The molecule has 6 rings (SSSR count). The third-order valence-electron chi connectivity index (χ3n) is 8.13. The lowest BCUT2D eigenvalue weighted by molar-refractivity contribution is -0.129. The molecule has 0 saturated carbocycles. The molecule has 1 fully saturated rings. The van der Waals surface area contributed by atoms with Crippen LogP contribution in [0.4, 0.5) is 17.2 Å². The number of anilines is 3. The number of pyridine rings is 1. The first-order valence-electron chi connectivity index (χ1n) is 15.2. The van der Waals surface area contributed by atoms with Crippen LogP contribution < -0.4 is 30.6 Å². The molecule has 4 heterocycles. The Kier molecular flexibility index (Phi) is 8.80. The number of ether oxygens (including phenoxy) is 2. The van der Waals surface area contributed by atoms with Crippen LogP contribution in [0.15, 0.2) is 78.8 Å². The molecule has 2 radical (unpaired) electrons. The summed E-state index contributed by atoms with van der Waals surface area (Å²) >= 11 is 0. The molecule has 46 heavy (non-hydrogen) atoms. The molecule has 2 aromatic carbocycles. The number of likely N-dealkylation sites (N-methyl/N-ethyl adjacent to an activating group) is 1. The third kappa shape index (κ3) is 6.34. The van der Waals surface area contributed by atoms with Crippen molar-refractivity contribution in [1.82, 2.24) is 24.3 Å². The number of rotatable bonds is 8. The fourth-order valence-electron chi connectivity index (χ4n) is 5.82. The van der Waals surface area contributed by atoms with Gasteiger partial charge >= 0.3 is 0 Å². The lowest BCUT2D eigenvalue weighted by Gasteiger charge is -2.40. The minimum Gasteiger partial charge on any atom is -0.489 e. The Morgan fingerprint density at radius 2 is 2.09 bits per heavy atom. The van der Waals surface area contributed by atoms with E-state index in [0.717, 1.165) is 28.2 Å². The molecule has 0 aliphatic carbocycles. The SMILES string of the molecule is [B]c1c2c(cc3ncnc(Nc4ccc(Oc5ccn(C)c(=NC=C)c5)c(C)c4)c13)OCC1CN2CCN1C(=O)/C=C/CN(C)C. The molecular weight excluding hydrogens is 579 g/mol. The molecule has 2 aliphatic heterocycles. The van der Waals surface area contributed by atoms with Gasteiger partial charge < -0.3 is 34.1 Å². The van der Waals surface area contributed by atoms with Crippen molar-refractivity contribution < 1.29 is 14.3 Å². The summed E-state index contributed by atoms with van der Waals surface area (Å²) in [4.78, 5) is 32.5. The number of hydrogen-bond acceptors (Lipinski definition) is 9. The lowest BCUT2D eigenvalue weighted by atomic mass is 9.88. The Labute approximate surface area is 269 Å². The van der Waals surface area contributed by atoms with Gasteiger partial charge in [0, 0.05) is 74.9 Å². The predicted octanol–water partition coefficient (Wildman–Crippen LogP) is 3.18. The van der Waals surface area contributed by atoms with E-state index in [0.29, 0.717) is 66.5 Å². The summed E-state index contributed by atoms with van der Waals surface area (Å²) in [6, 6.07) is 11.4. The van der Waals surface area contributed by atoms with Crippen molar-refractivity contribution in [2.75, 3.05) is 57.1 Å². The maximum absolute atomic E-state index is 13.0. The van der Waals surface area contributed by atoms with Crippen LogP contribution >= 0.6 is 0 Å². The molecule has 2 aromatic heterocycles. The number of piperazine rings is 1. The standard InChI is InChI=1S/C34H37BN8O3/c1-6-36-29-17-25(11-13-41(29)5)46-27-10-9-23(16-22(27)2)39-34-31-26(37-21-38-34)18-28-33(32(31)35)42-14-15-43(24(19-42)20-45-28)30(44)8-7-12-40(3)4/h6-11,13,16-18,21,24H,1,12,14-15,19-20H2,2-5H3,(H,37,38,39)/b8-7+,36-29?. The minimum absolute atomic E-state index is 0.00548. The molecule has 1 unspecified atom stereocenters. The largest absolute Gasteiger partial charge is 0.489 e. The number of aromatic nitrogens is 3. The number of hydrogen-bond donors (Lipinski definition) is 1. The summed E-state index contributed by atoms with van der Waals surface area (Å²) in [5, 5.41) is 4.15. The molecule has 1 amide bonds. The third-order valence-corrected chi connectivity index (χ3v) is 8.13. The molecule has 1 saturated heterocycles. The summed E-state index contributed by atoms with van der Waals surface area (Å²) in [5.41, 5.74) is 4.51. The van der Waals surface area contributed by atoms with Gasteiger partial charge in [0.2, 0.25) is 5.91 Å². The number of nitrogens with one attached hydrogen (secondary N) is 1. The summed E-state index contributed by atoms with van der Waals surface area (Å²) in [7, 11) is 12.8. The van der Waals surface area contributed by atoms with Gasteiger partial charge in [0.25, 0.3) is 0 Å². The maximum atomic E-state index is 13.0. The Morgan fingerprint density at radius 1 is 1.24 bits per heavy atom. The van der Waals surface area contributed by atoms with Crippen molar-refractivity contribution in [3.05, 3.63) is 84.9 Å².